The number of nitrogens with one attached hydrogen (secondary N) is 1. The first-order chi connectivity index (χ1) is 12.9. The summed E-state index contributed by atoms with van der Waals surface area (Å²) >= 11 is 0. The zero-order chi connectivity index (χ0) is 20.2. The maximum Gasteiger partial charge on any atom is 0.223 e. The van der Waals surface area contributed by atoms with Gasteiger partial charge in [0.2, 0.25) is 11.9 Å². The van der Waals surface area contributed by atoms with Crippen LogP contribution in [0.1, 0.15) is 37.4 Å². The minimum atomic E-state index is -0.382. The third kappa shape index (κ3) is 7.44. The number of aromatic nitrogens is 2. The molecule has 0 fully saturated rings. The minimum absolute atomic E-state index is 0.144. The second kappa shape index (κ2) is 11.6. The highest BCUT2D eigenvalue weighted by molar-refractivity contribution is 5.77. The second-order valence-corrected chi connectivity index (χ2v) is 6.20. The van der Waals surface area contributed by atoms with Crippen LogP contribution in [0.3, 0.4) is 0 Å². The summed E-state index contributed by atoms with van der Waals surface area (Å²) in [6.45, 7) is 15.4. The first-order valence-corrected chi connectivity index (χ1v) is 9.08. The van der Waals surface area contributed by atoms with Crippen LogP contribution in [0, 0.1) is 6.92 Å². The minimum Gasteiger partial charge on any atom is -0.369 e. The van der Waals surface area contributed by atoms with Crippen LogP contribution in [0.15, 0.2) is 67.5 Å². The predicted octanol–water partition coefficient (Wildman–Crippen LogP) is 4.19. The maximum atomic E-state index is 11.2. The molecule has 1 amide bonds. The maximum absolute atomic E-state index is 11.2. The van der Waals surface area contributed by atoms with Gasteiger partial charge in [-0.3, -0.25) is 4.79 Å². The largest absolute Gasteiger partial charge is 0.369 e. The lowest BCUT2D eigenvalue weighted by atomic mass is 9.98. The average Bonchev–Trinajstić information content (AvgIpc) is 2.66. The Bertz CT molecular complexity index is 747. The molecule has 0 aliphatic heterocycles. The Kier molecular flexibility index (Phi) is 9.51. The molecule has 0 aliphatic rings. The lowest BCUT2D eigenvalue weighted by Crippen LogP contribution is -2.18. The summed E-state index contributed by atoms with van der Waals surface area (Å²) in [5.41, 5.74) is 9.05. The monoisotopic (exact) mass is 366 g/mol. The summed E-state index contributed by atoms with van der Waals surface area (Å²) in [7, 11) is 0. The van der Waals surface area contributed by atoms with Crippen LogP contribution in [0.25, 0.3) is 0 Å². The summed E-state index contributed by atoms with van der Waals surface area (Å²) in [6.07, 6.45) is 13.4. The first kappa shape index (κ1) is 22.1. The number of carbonyl (C=O) groups is 1. The number of carbonyl (C=O) groups excluding carboxylic acids is 1. The van der Waals surface area contributed by atoms with Crippen LogP contribution in [0.2, 0.25) is 0 Å². The van der Waals surface area contributed by atoms with E-state index in [4.69, 9.17) is 5.73 Å². The summed E-state index contributed by atoms with van der Waals surface area (Å²) in [4.78, 5) is 20.3. The molecule has 0 aliphatic carbocycles. The second-order valence-electron chi connectivity index (χ2n) is 6.20. The van der Waals surface area contributed by atoms with Gasteiger partial charge in [-0.2, -0.15) is 0 Å². The molecule has 0 saturated heterocycles. The predicted molar refractivity (Wildman–Crippen MR) is 113 cm³/mol. The molecular formula is C22H30N4O. The van der Waals surface area contributed by atoms with Crippen LogP contribution in [-0.2, 0) is 11.2 Å². The fourth-order valence-corrected chi connectivity index (χ4v) is 2.62. The van der Waals surface area contributed by atoms with Crippen molar-refractivity contribution in [3.63, 3.8) is 0 Å². The van der Waals surface area contributed by atoms with Crippen molar-refractivity contribution in [3.8, 4) is 0 Å². The zero-order valence-corrected chi connectivity index (χ0v) is 16.4. The van der Waals surface area contributed by atoms with E-state index >= 15 is 0 Å². The van der Waals surface area contributed by atoms with Crippen molar-refractivity contribution in [2.45, 2.75) is 45.6 Å². The van der Waals surface area contributed by atoms with E-state index in [-0.39, 0.29) is 18.4 Å². The highest BCUT2D eigenvalue weighted by Crippen LogP contribution is 2.19. The van der Waals surface area contributed by atoms with E-state index in [1.165, 1.54) is 0 Å². The molecule has 3 N–H and O–H groups in total. The Morgan fingerprint density at radius 1 is 1.30 bits per heavy atom. The van der Waals surface area contributed by atoms with Gasteiger partial charge in [0, 0.05) is 17.9 Å². The molecule has 0 radical (unpaired) electrons. The number of anilines is 1. The molecular weight excluding hydrogens is 336 g/mol. The highest BCUT2D eigenvalue weighted by atomic mass is 16.1. The van der Waals surface area contributed by atoms with Gasteiger partial charge in [0.15, 0.2) is 0 Å². The molecule has 144 valence electrons. The lowest BCUT2D eigenvalue weighted by molar-refractivity contribution is -0.117. The third-order valence-corrected chi connectivity index (χ3v) is 4.21. The fourth-order valence-electron chi connectivity index (χ4n) is 2.62. The van der Waals surface area contributed by atoms with Gasteiger partial charge >= 0.3 is 0 Å². The van der Waals surface area contributed by atoms with E-state index < -0.39 is 0 Å². The Hall–Kier alpha value is -2.95. The van der Waals surface area contributed by atoms with Crippen molar-refractivity contribution < 1.29 is 4.79 Å². The van der Waals surface area contributed by atoms with E-state index in [2.05, 4.69) is 41.9 Å². The van der Waals surface area contributed by atoms with Crippen LogP contribution >= 0.6 is 0 Å². The Morgan fingerprint density at radius 2 is 2.00 bits per heavy atom. The molecule has 1 aromatic rings. The van der Waals surface area contributed by atoms with Gasteiger partial charge in [-0.15, -0.1) is 0 Å². The molecule has 0 bridgehead atoms. The van der Waals surface area contributed by atoms with Gasteiger partial charge in [-0.05, 0) is 42.9 Å². The van der Waals surface area contributed by atoms with E-state index in [1.54, 1.807) is 18.2 Å². The number of hydrogen-bond donors (Lipinski definition) is 2. The fraction of sp³-hybridized carbons (Fsp3) is 0.318. The molecule has 27 heavy (non-hydrogen) atoms. The van der Waals surface area contributed by atoms with Gasteiger partial charge in [-0.1, -0.05) is 57.0 Å². The van der Waals surface area contributed by atoms with Crippen molar-refractivity contribution in [2.24, 2.45) is 5.73 Å². The summed E-state index contributed by atoms with van der Waals surface area (Å²) < 4.78 is 0. The van der Waals surface area contributed by atoms with Crippen LogP contribution in [0.5, 0.6) is 0 Å². The van der Waals surface area contributed by atoms with E-state index in [9.17, 15) is 4.79 Å². The van der Waals surface area contributed by atoms with E-state index in [0.717, 1.165) is 28.8 Å². The normalized spacial score (nSPS) is 13.0. The van der Waals surface area contributed by atoms with Crippen LogP contribution in [0.4, 0.5) is 5.95 Å². The first-order valence-electron chi connectivity index (χ1n) is 9.08. The smallest absolute Gasteiger partial charge is 0.223 e. The Labute approximate surface area is 162 Å². The van der Waals surface area contributed by atoms with Crippen molar-refractivity contribution in [2.75, 3.05) is 5.32 Å². The molecule has 0 saturated carbocycles. The standard InChI is InChI=1S/C22H30N4O/c1-6-10-11-19(9-4)25-22-24-15-16(5)20(26-22)13-12-17(7-2)18(8-3)14-21(23)27/h6-8,10-11,15,19H,1-3,9,12-14H2,4-5H3,(H2,23,27)(H,24,25,26)/b11-10-,18-17-. The molecule has 1 aromatic heterocycles. The number of nitrogens with zero attached hydrogens (tertiary/aromatic N) is 2. The number of allylic oxidation sites excluding steroid dienone is 5. The summed E-state index contributed by atoms with van der Waals surface area (Å²) in [6, 6.07) is 0.144. The van der Waals surface area contributed by atoms with Gasteiger partial charge in [0.05, 0.1) is 6.42 Å². The number of primary amides is 1. The van der Waals surface area contributed by atoms with Crippen molar-refractivity contribution in [1.29, 1.82) is 0 Å². The average molecular weight is 367 g/mol. The Morgan fingerprint density at radius 3 is 2.56 bits per heavy atom. The van der Waals surface area contributed by atoms with Gasteiger partial charge < -0.3 is 11.1 Å². The van der Waals surface area contributed by atoms with Gasteiger partial charge in [0.25, 0.3) is 0 Å². The molecule has 5 heteroatoms. The zero-order valence-electron chi connectivity index (χ0n) is 16.4. The molecule has 1 atom stereocenters. The number of nitrogens with two attached hydrogens (primary N) is 1. The van der Waals surface area contributed by atoms with Crippen molar-refractivity contribution >= 4 is 11.9 Å². The quantitative estimate of drug-likeness (QED) is 0.543. The van der Waals surface area contributed by atoms with E-state index in [1.807, 2.05) is 25.3 Å². The number of aryl methyl sites for hydroxylation is 2. The molecule has 0 spiro atoms. The Balaban J connectivity index is 2.96. The van der Waals surface area contributed by atoms with E-state index in [0.29, 0.717) is 18.8 Å². The molecule has 1 heterocycles. The summed E-state index contributed by atoms with van der Waals surface area (Å²) in [5.74, 6) is 0.216. The summed E-state index contributed by atoms with van der Waals surface area (Å²) in [5, 5.41) is 3.33. The molecule has 0 aromatic carbocycles. The van der Waals surface area contributed by atoms with Crippen molar-refractivity contribution in [1.82, 2.24) is 9.97 Å². The van der Waals surface area contributed by atoms with Crippen molar-refractivity contribution in [3.05, 3.63) is 78.7 Å². The van der Waals surface area contributed by atoms with Crippen LogP contribution < -0.4 is 11.1 Å². The van der Waals surface area contributed by atoms with Crippen LogP contribution in [-0.4, -0.2) is 21.9 Å². The molecule has 1 unspecified atom stereocenters. The highest BCUT2D eigenvalue weighted by Gasteiger charge is 2.10. The molecule has 1 rings (SSSR count). The number of hydrogen-bond acceptors (Lipinski definition) is 4. The van der Waals surface area contributed by atoms with Gasteiger partial charge in [-0.25, -0.2) is 9.97 Å². The SMILES string of the molecule is C=C/C=C\C(CC)Nc1ncc(C)c(CC/C(C=C)=C(/C=C)CC(N)=O)n1. The topological polar surface area (TPSA) is 80.9 Å². The molecule has 5 nitrogen and oxygen atoms in total. The van der Waals surface area contributed by atoms with Gasteiger partial charge in [0.1, 0.15) is 0 Å². The number of rotatable bonds is 12. The third-order valence-electron chi connectivity index (χ3n) is 4.21. The lowest BCUT2D eigenvalue weighted by Gasteiger charge is -2.14. The number of amides is 1.